The molecule has 0 aliphatic rings. The lowest BCUT2D eigenvalue weighted by molar-refractivity contribution is 0.602. The Kier molecular flexibility index (Phi) is 2.56. The van der Waals surface area contributed by atoms with Crippen molar-refractivity contribution in [3.05, 3.63) is 47.9 Å². The molecule has 16 heavy (non-hydrogen) atoms. The molecule has 0 unspecified atom stereocenters. The number of hydrogen-bond donors (Lipinski definition) is 0. The van der Waals surface area contributed by atoms with Gasteiger partial charge in [0.2, 0.25) is 0 Å². The van der Waals surface area contributed by atoms with E-state index in [2.05, 4.69) is 9.97 Å². The molecule has 5 heteroatoms. The number of hydrogen-bond acceptors (Lipinski definition) is 3. The zero-order valence-electron chi connectivity index (χ0n) is 7.98. The molecule has 0 atom stereocenters. The fraction of sp³-hybridized carbons (Fsp3) is 0. The molecule has 0 fully saturated rings. The van der Waals surface area contributed by atoms with Crippen LogP contribution in [0.2, 0.25) is 0 Å². The van der Waals surface area contributed by atoms with Crippen LogP contribution in [-0.4, -0.2) is 9.97 Å². The minimum atomic E-state index is -0.640. The molecule has 0 N–H and O–H groups in total. The van der Waals surface area contributed by atoms with Crippen molar-refractivity contribution in [1.29, 1.82) is 5.26 Å². The number of aromatic nitrogens is 2. The van der Waals surface area contributed by atoms with Gasteiger partial charge in [-0.1, -0.05) is 0 Å². The van der Waals surface area contributed by atoms with Crippen LogP contribution in [0.4, 0.5) is 8.78 Å². The molecule has 0 aliphatic carbocycles. The quantitative estimate of drug-likeness (QED) is 0.736. The fourth-order valence-electron chi connectivity index (χ4n) is 1.30. The molecule has 2 aromatic rings. The molecule has 0 amide bonds. The molecule has 1 heterocycles. The Morgan fingerprint density at radius 3 is 2.62 bits per heavy atom. The lowest BCUT2D eigenvalue weighted by atomic mass is 10.1. The van der Waals surface area contributed by atoms with Crippen LogP contribution < -0.4 is 0 Å². The molecule has 0 radical (unpaired) electrons. The highest BCUT2D eigenvalue weighted by Gasteiger charge is 2.12. The first-order valence-corrected chi connectivity index (χ1v) is 4.39. The van der Waals surface area contributed by atoms with E-state index in [-0.39, 0.29) is 17.0 Å². The van der Waals surface area contributed by atoms with Gasteiger partial charge in [0.15, 0.2) is 5.69 Å². The standard InChI is InChI=1S/C11H5F2N3/c12-7-1-2-9(13)8(5-7)11-10(6-14)15-3-4-16-11/h1-5H. The van der Waals surface area contributed by atoms with Crippen LogP contribution >= 0.6 is 0 Å². The molecule has 2 rings (SSSR count). The minimum Gasteiger partial charge on any atom is -0.251 e. The largest absolute Gasteiger partial charge is 0.251 e. The summed E-state index contributed by atoms with van der Waals surface area (Å²) in [7, 11) is 0. The highest BCUT2D eigenvalue weighted by Crippen LogP contribution is 2.23. The van der Waals surface area contributed by atoms with E-state index in [9.17, 15) is 8.78 Å². The predicted octanol–water partition coefficient (Wildman–Crippen LogP) is 2.29. The predicted molar refractivity (Wildman–Crippen MR) is 52.1 cm³/mol. The van der Waals surface area contributed by atoms with Crippen molar-refractivity contribution in [3.8, 4) is 17.3 Å². The first-order chi connectivity index (χ1) is 7.72. The Balaban J connectivity index is 2.68. The molecule has 0 saturated heterocycles. The summed E-state index contributed by atoms with van der Waals surface area (Å²) in [5.74, 6) is -1.23. The SMILES string of the molecule is N#Cc1nccnc1-c1cc(F)ccc1F. The number of halogens is 2. The summed E-state index contributed by atoms with van der Waals surface area (Å²) in [6.45, 7) is 0. The van der Waals surface area contributed by atoms with Crippen LogP contribution in [0.3, 0.4) is 0 Å². The Morgan fingerprint density at radius 2 is 1.88 bits per heavy atom. The van der Waals surface area contributed by atoms with Gasteiger partial charge in [-0.2, -0.15) is 5.26 Å². The Bertz CT molecular complexity index is 576. The lowest BCUT2D eigenvalue weighted by Gasteiger charge is -2.03. The Morgan fingerprint density at radius 1 is 1.12 bits per heavy atom. The van der Waals surface area contributed by atoms with E-state index >= 15 is 0 Å². The summed E-state index contributed by atoms with van der Waals surface area (Å²) in [5.41, 5.74) is -0.0568. The third-order valence-electron chi connectivity index (χ3n) is 1.99. The Hall–Kier alpha value is -2.35. The van der Waals surface area contributed by atoms with Crippen LogP contribution in [-0.2, 0) is 0 Å². The lowest BCUT2D eigenvalue weighted by Crippen LogP contribution is -1.95. The third-order valence-corrected chi connectivity index (χ3v) is 1.99. The van der Waals surface area contributed by atoms with Gasteiger partial charge in [0.25, 0.3) is 0 Å². The Labute approximate surface area is 90.0 Å². The molecule has 0 saturated carbocycles. The second-order valence-corrected chi connectivity index (χ2v) is 2.99. The molecule has 0 aliphatic heterocycles. The number of benzene rings is 1. The van der Waals surface area contributed by atoms with Gasteiger partial charge >= 0.3 is 0 Å². The van der Waals surface area contributed by atoms with Gasteiger partial charge in [0.1, 0.15) is 23.4 Å². The van der Waals surface area contributed by atoms with E-state index in [0.29, 0.717) is 0 Å². The van der Waals surface area contributed by atoms with Gasteiger partial charge in [0.05, 0.1) is 0 Å². The third kappa shape index (κ3) is 1.73. The van der Waals surface area contributed by atoms with E-state index in [1.54, 1.807) is 6.07 Å². The zero-order valence-corrected chi connectivity index (χ0v) is 7.98. The molecule has 1 aromatic carbocycles. The second-order valence-electron chi connectivity index (χ2n) is 2.99. The van der Waals surface area contributed by atoms with E-state index in [4.69, 9.17) is 5.26 Å². The molecule has 0 bridgehead atoms. The van der Waals surface area contributed by atoms with Crippen molar-refractivity contribution in [1.82, 2.24) is 9.97 Å². The average molecular weight is 217 g/mol. The van der Waals surface area contributed by atoms with Crippen molar-refractivity contribution >= 4 is 0 Å². The van der Waals surface area contributed by atoms with E-state index < -0.39 is 11.6 Å². The highest BCUT2D eigenvalue weighted by molar-refractivity contribution is 5.64. The van der Waals surface area contributed by atoms with E-state index in [1.165, 1.54) is 12.4 Å². The van der Waals surface area contributed by atoms with Crippen LogP contribution in [0.5, 0.6) is 0 Å². The van der Waals surface area contributed by atoms with Gasteiger partial charge in [0, 0.05) is 18.0 Å². The molecular formula is C11H5F2N3. The average Bonchev–Trinajstić information content (AvgIpc) is 2.32. The molecule has 3 nitrogen and oxygen atoms in total. The molecule has 78 valence electrons. The maximum Gasteiger partial charge on any atom is 0.166 e. The zero-order chi connectivity index (χ0) is 11.5. The second kappa shape index (κ2) is 4.03. The van der Waals surface area contributed by atoms with Crippen molar-refractivity contribution in [3.63, 3.8) is 0 Å². The summed E-state index contributed by atoms with van der Waals surface area (Å²) < 4.78 is 26.4. The van der Waals surface area contributed by atoms with Crippen LogP contribution in [0, 0.1) is 23.0 Å². The van der Waals surface area contributed by atoms with Crippen LogP contribution in [0.15, 0.2) is 30.6 Å². The van der Waals surface area contributed by atoms with Gasteiger partial charge < -0.3 is 0 Å². The molecular weight excluding hydrogens is 212 g/mol. The minimum absolute atomic E-state index is 0.0352. The first kappa shape index (κ1) is 10.2. The maximum atomic E-state index is 13.4. The topological polar surface area (TPSA) is 49.6 Å². The maximum absolute atomic E-state index is 13.4. The summed E-state index contributed by atoms with van der Waals surface area (Å²) >= 11 is 0. The summed E-state index contributed by atoms with van der Waals surface area (Å²) in [4.78, 5) is 7.56. The number of nitriles is 1. The summed E-state index contributed by atoms with van der Waals surface area (Å²) in [6.07, 6.45) is 2.64. The van der Waals surface area contributed by atoms with Gasteiger partial charge in [-0.15, -0.1) is 0 Å². The van der Waals surface area contributed by atoms with Gasteiger partial charge in [-0.05, 0) is 18.2 Å². The summed E-state index contributed by atoms with van der Waals surface area (Å²) in [6, 6.07) is 4.75. The van der Waals surface area contributed by atoms with E-state index in [1.807, 2.05) is 0 Å². The van der Waals surface area contributed by atoms with E-state index in [0.717, 1.165) is 18.2 Å². The van der Waals surface area contributed by atoms with Crippen LogP contribution in [0.1, 0.15) is 5.69 Å². The molecule has 0 spiro atoms. The number of nitrogens with zero attached hydrogens (tertiary/aromatic N) is 3. The highest BCUT2D eigenvalue weighted by atomic mass is 19.1. The first-order valence-electron chi connectivity index (χ1n) is 4.39. The monoisotopic (exact) mass is 217 g/mol. The summed E-state index contributed by atoms with van der Waals surface area (Å²) in [5, 5.41) is 8.77. The van der Waals surface area contributed by atoms with Crippen molar-refractivity contribution in [2.24, 2.45) is 0 Å². The number of rotatable bonds is 1. The molecule has 1 aromatic heterocycles. The normalized spacial score (nSPS) is 9.81. The van der Waals surface area contributed by atoms with Crippen molar-refractivity contribution in [2.75, 3.05) is 0 Å². The fourth-order valence-corrected chi connectivity index (χ4v) is 1.30. The van der Waals surface area contributed by atoms with Gasteiger partial charge in [-0.25, -0.2) is 13.8 Å². The van der Waals surface area contributed by atoms with Gasteiger partial charge in [-0.3, -0.25) is 4.98 Å². The van der Waals surface area contributed by atoms with Crippen LogP contribution in [0.25, 0.3) is 11.3 Å². The smallest absolute Gasteiger partial charge is 0.166 e. The van der Waals surface area contributed by atoms with Crippen molar-refractivity contribution in [2.45, 2.75) is 0 Å². The van der Waals surface area contributed by atoms with Crippen molar-refractivity contribution < 1.29 is 8.78 Å².